The number of carbonyl (C=O) groups excluding carboxylic acids is 2. The van der Waals surface area contributed by atoms with Crippen molar-refractivity contribution in [3.63, 3.8) is 0 Å². The highest BCUT2D eigenvalue weighted by Crippen LogP contribution is 2.25. The minimum atomic E-state index is -0.614. The Balaban J connectivity index is 2.31. The Morgan fingerprint density at radius 1 is 1.09 bits per heavy atom. The van der Waals surface area contributed by atoms with E-state index in [4.69, 9.17) is 11.6 Å². The number of non-ortho nitro benzene ring substituents is 1. The van der Waals surface area contributed by atoms with Crippen LogP contribution in [0.2, 0.25) is 5.02 Å². The van der Waals surface area contributed by atoms with Gasteiger partial charge < -0.3 is 10.6 Å². The largest absolute Gasteiger partial charge is 0.325 e. The van der Waals surface area contributed by atoms with Crippen LogP contribution in [0, 0.1) is 10.1 Å². The van der Waals surface area contributed by atoms with E-state index in [1.807, 2.05) is 0 Å². The Bertz CT molecular complexity index is 792. The lowest BCUT2D eigenvalue weighted by atomic mass is 10.1. The van der Waals surface area contributed by atoms with E-state index in [2.05, 4.69) is 10.6 Å². The summed E-state index contributed by atoms with van der Waals surface area (Å²) in [6.07, 6.45) is 0. The van der Waals surface area contributed by atoms with Crippen LogP contribution in [0.15, 0.2) is 42.5 Å². The summed E-state index contributed by atoms with van der Waals surface area (Å²) < 4.78 is 0. The number of anilines is 2. The molecule has 0 saturated heterocycles. The smallest absolute Gasteiger partial charge is 0.270 e. The highest BCUT2D eigenvalue weighted by Gasteiger charge is 2.17. The third-order valence-corrected chi connectivity index (χ3v) is 3.22. The fourth-order valence-corrected chi connectivity index (χ4v) is 2.08. The first-order valence-corrected chi connectivity index (χ1v) is 6.88. The zero-order valence-electron chi connectivity index (χ0n) is 12.0. The number of nitrogens with one attached hydrogen (secondary N) is 2. The molecule has 0 radical (unpaired) electrons. The molecule has 0 aliphatic heterocycles. The van der Waals surface area contributed by atoms with E-state index >= 15 is 0 Å². The minimum Gasteiger partial charge on any atom is -0.325 e. The second-order valence-corrected chi connectivity index (χ2v) is 5.01. The number of amides is 2. The van der Waals surface area contributed by atoms with Gasteiger partial charge in [0.2, 0.25) is 5.91 Å². The maximum atomic E-state index is 12.3. The van der Waals surface area contributed by atoms with Gasteiger partial charge in [-0.05, 0) is 18.2 Å². The van der Waals surface area contributed by atoms with E-state index in [-0.39, 0.29) is 22.2 Å². The van der Waals surface area contributed by atoms with Gasteiger partial charge >= 0.3 is 0 Å². The number of nitro benzene ring substituents is 1. The highest BCUT2D eigenvalue weighted by molar-refractivity contribution is 6.34. The van der Waals surface area contributed by atoms with E-state index in [9.17, 15) is 19.7 Å². The molecule has 0 unspecified atom stereocenters. The molecule has 2 aromatic rings. The highest BCUT2D eigenvalue weighted by atomic mass is 35.5. The minimum absolute atomic E-state index is 0.0292. The average molecular weight is 334 g/mol. The van der Waals surface area contributed by atoms with Gasteiger partial charge in [-0.25, -0.2) is 0 Å². The zero-order valence-corrected chi connectivity index (χ0v) is 12.8. The second kappa shape index (κ2) is 6.89. The number of halogens is 1. The molecule has 118 valence electrons. The summed E-state index contributed by atoms with van der Waals surface area (Å²) in [5.41, 5.74) is 0.498. The van der Waals surface area contributed by atoms with Crippen LogP contribution in [0.5, 0.6) is 0 Å². The molecule has 0 aliphatic rings. The number of nitro groups is 1. The molecule has 23 heavy (non-hydrogen) atoms. The molecule has 0 saturated carbocycles. The van der Waals surface area contributed by atoms with Crippen molar-refractivity contribution in [1.29, 1.82) is 0 Å². The summed E-state index contributed by atoms with van der Waals surface area (Å²) in [5, 5.41) is 16.1. The Hall–Kier alpha value is -2.93. The van der Waals surface area contributed by atoms with Gasteiger partial charge in [0.25, 0.3) is 11.6 Å². The fourth-order valence-electron chi connectivity index (χ4n) is 1.88. The van der Waals surface area contributed by atoms with Crippen molar-refractivity contribution in [3.05, 3.63) is 63.2 Å². The first kappa shape index (κ1) is 16.4. The van der Waals surface area contributed by atoms with Crippen LogP contribution in [0.1, 0.15) is 17.3 Å². The lowest BCUT2D eigenvalue weighted by Crippen LogP contribution is -2.15. The Kier molecular flexibility index (Phi) is 4.92. The predicted molar refractivity (Wildman–Crippen MR) is 86.8 cm³/mol. The van der Waals surface area contributed by atoms with Crippen molar-refractivity contribution < 1.29 is 14.5 Å². The summed E-state index contributed by atoms with van der Waals surface area (Å²) in [6.45, 7) is 1.34. The molecular weight excluding hydrogens is 322 g/mol. The van der Waals surface area contributed by atoms with Crippen molar-refractivity contribution >= 4 is 40.5 Å². The first-order valence-electron chi connectivity index (χ1n) is 6.50. The van der Waals surface area contributed by atoms with Crippen molar-refractivity contribution in [3.8, 4) is 0 Å². The van der Waals surface area contributed by atoms with Gasteiger partial charge in [0, 0.05) is 19.1 Å². The van der Waals surface area contributed by atoms with Crippen LogP contribution in [0.4, 0.5) is 17.1 Å². The van der Waals surface area contributed by atoms with Crippen LogP contribution in [0.3, 0.4) is 0 Å². The maximum Gasteiger partial charge on any atom is 0.270 e. The van der Waals surface area contributed by atoms with Gasteiger partial charge in [-0.3, -0.25) is 19.7 Å². The van der Waals surface area contributed by atoms with Gasteiger partial charge in [-0.2, -0.15) is 0 Å². The van der Waals surface area contributed by atoms with Crippen molar-refractivity contribution in [2.24, 2.45) is 0 Å². The number of hydrogen-bond acceptors (Lipinski definition) is 4. The molecule has 2 N–H and O–H groups in total. The standard InChI is InChI=1S/C15H12ClN3O4/c1-9(20)17-13-4-2-3-5-14(13)18-15(21)11-8-10(19(22)23)6-7-12(11)16/h2-8H,1H3,(H,17,20)(H,18,21). The van der Waals surface area contributed by atoms with Crippen molar-refractivity contribution in [1.82, 2.24) is 0 Å². The quantitative estimate of drug-likeness (QED) is 0.660. The van der Waals surface area contributed by atoms with Crippen molar-refractivity contribution in [2.75, 3.05) is 10.6 Å². The molecule has 2 aromatic carbocycles. The zero-order chi connectivity index (χ0) is 17.0. The van der Waals surface area contributed by atoms with Crippen LogP contribution >= 0.6 is 11.6 Å². The first-order chi connectivity index (χ1) is 10.9. The Labute approximate surface area is 136 Å². The number of hydrogen-bond donors (Lipinski definition) is 2. The summed E-state index contributed by atoms with van der Waals surface area (Å²) in [4.78, 5) is 33.7. The lowest BCUT2D eigenvalue weighted by molar-refractivity contribution is -0.384. The maximum absolute atomic E-state index is 12.3. The number of nitrogens with zero attached hydrogens (tertiary/aromatic N) is 1. The SMILES string of the molecule is CC(=O)Nc1ccccc1NC(=O)c1cc([N+](=O)[O-])ccc1Cl. The third kappa shape index (κ3) is 4.04. The Morgan fingerprint density at radius 3 is 2.26 bits per heavy atom. The summed E-state index contributed by atoms with van der Waals surface area (Å²) in [7, 11) is 0. The molecule has 0 atom stereocenters. The molecule has 0 spiro atoms. The molecule has 0 aromatic heterocycles. The van der Waals surface area contributed by atoms with E-state index in [1.54, 1.807) is 24.3 Å². The van der Waals surface area contributed by atoms with Gasteiger partial charge in [0.05, 0.1) is 26.9 Å². The van der Waals surface area contributed by atoms with Crippen molar-refractivity contribution in [2.45, 2.75) is 6.92 Å². The molecule has 8 heteroatoms. The molecule has 0 bridgehead atoms. The topological polar surface area (TPSA) is 101 Å². The number of para-hydroxylation sites is 2. The molecule has 0 heterocycles. The van der Waals surface area contributed by atoms with E-state index in [0.717, 1.165) is 6.07 Å². The number of benzene rings is 2. The van der Waals surface area contributed by atoms with Crippen LogP contribution in [-0.4, -0.2) is 16.7 Å². The van der Waals surface area contributed by atoms with Gasteiger partial charge in [-0.1, -0.05) is 23.7 Å². The van der Waals surface area contributed by atoms with Crippen LogP contribution < -0.4 is 10.6 Å². The molecule has 2 amide bonds. The molecule has 2 rings (SSSR count). The van der Waals surface area contributed by atoms with E-state index < -0.39 is 10.8 Å². The van der Waals surface area contributed by atoms with Gasteiger partial charge in [-0.15, -0.1) is 0 Å². The number of carbonyl (C=O) groups is 2. The predicted octanol–water partition coefficient (Wildman–Crippen LogP) is 3.46. The molecular formula is C15H12ClN3O4. The average Bonchev–Trinajstić information content (AvgIpc) is 2.48. The third-order valence-electron chi connectivity index (χ3n) is 2.89. The summed E-state index contributed by atoms with van der Waals surface area (Å²) >= 11 is 5.93. The molecule has 0 aliphatic carbocycles. The van der Waals surface area contributed by atoms with Crippen LogP contribution in [0.25, 0.3) is 0 Å². The monoisotopic (exact) mass is 333 g/mol. The van der Waals surface area contributed by atoms with Gasteiger partial charge in [0.1, 0.15) is 0 Å². The lowest BCUT2D eigenvalue weighted by Gasteiger charge is -2.11. The van der Waals surface area contributed by atoms with E-state index in [1.165, 1.54) is 19.1 Å². The molecule has 7 nitrogen and oxygen atoms in total. The van der Waals surface area contributed by atoms with Crippen LogP contribution in [-0.2, 0) is 4.79 Å². The Morgan fingerprint density at radius 2 is 1.70 bits per heavy atom. The number of rotatable bonds is 4. The van der Waals surface area contributed by atoms with Gasteiger partial charge in [0.15, 0.2) is 0 Å². The normalized spacial score (nSPS) is 10.0. The second-order valence-electron chi connectivity index (χ2n) is 4.60. The summed E-state index contributed by atoms with van der Waals surface area (Å²) in [5.74, 6) is -0.906. The van der Waals surface area contributed by atoms with E-state index in [0.29, 0.717) is 11.4 Å². The summed E-state index contributed by atoms with van der Waals surface area (Å²) in [6, 6.07) is 10.2. The molecule has 0 fully saturated rings. The fraction of sp³-hybridized carbons (Fsp3) is 0.0667.